The molecule has 0 fully saturated rings. The van der Waals surface area contributed by atoms with Crippen molar-refractivity contribution in [3.05, 3.63) is 23.2 Å². The van der Waals surface area contributed by atoms with Crippen LogP contribution in [0, 0.1) is 12.8 Å². The van der Waals surface area contributed by atoms with Crippen LogP contribution in [0.25, 0.3) is 10.2 Å². The highest BCUT2D eigenvalue weighted by Crippen LogP contribution is 2.26. The van der Waals surface area contributed by atoms with Gasteiger partial charge in [0.1, 0.15) is 5.75 Å². The number of thiazole rings is 1. The summed E-state index contributed by atoms with van der Waals surface area (Å²) in [5, 5.41) is 1.10. The predicted octanol–water partition coefficient (Wildman–Crippen LogP) is 3.64. The van der Waals surface area contributed by atoms with Gasteiger partial charge in [-0.25, -0.2) is 4.98 Å². The molecule has 0 bridgehead atoms. The lowest BCUT2D eigenvalue weighted by Gasteiger charge is -2.07. The summed E-state index contributed by atoms with van der Waals surface area (Å²) in [6.07, 6.45) is 0. The molecule has 15 heavy (non-hydrogen) atoms. The molecular formula is C12H15NOS. The molecule has 2 nitrogen and oxygen atoms in total. The molecule has 0 aliphatic heterocycles. The lowest BCUT2D eigenvalue weighted by molar-refractivity contribution is 0.271. The zero-order valence-corrected chi connectivity index (χ0v) is 10.1. The van der Waals surface area contributed by atoms with Crippen LogP contribution in [0.4, 0.5) is 0 Å². The monoisotopic (exact) mass is 221 g/mol. The smallest absolute Gasteiger partial charge is 0.120 e. The highest BCUT2D eigenvalue weighted by Gasteiger charge is 2.02. The highest BCUT2D eigenvalue weighted by atomic mass is 32.1. The van der Waals surface area contributed by atoms with Gasteiger partial charge in [-0.15, -0.1) is 11.3 Å². The second kappa shape index (κ2) is 4.19. The number of aromatic nitrogens is 1. The van der Waals surface area contributed by atoms with Crippen LogP contribution in [0.1, 0.15) is 18.9 Å². The molecule has 1 aromatic heterocycles. The van der Waals surface area contributed by atoms with Gasteiger partial charge in [-0.3, -0.25) is 0 Å². The van der Waals surface area contributed by atoms with Gasteiger partial charge in [0.15, 0.2) is 0 Å². The van der Waals surface area contributed by atoms with Crippen molar-refractivity contribution >= 4 is 21.6 Å². The van der Waals surface area contributed by atoms with Gasteiger partial charge >= 0.3 is 0 Å². The number of ether oxygens (including phenoxy) is 1. The van der Waals surface area contributed by atoms with Crippen LogP contribution < -0.4 is 4.74 Å². The molecule has 0 amide bonds. The number of hydrogen-bond acceptors (Lipinski definition) is 3. The summed E-state index contributed by atoms with van der Waals surface area (Å²) in [6, 6.07) is 6.08. The van der Waals surface area contributed by atoms with Crippen molar-refractivity contribution in [3.63, 3.8) is 0 Å². The van der Waals surface area contributed by atoms with Crippen LogP contribution in [0.3, 0.4) is 0 Å². The third-order valence-electron chi connectivity index (χ3n) is 2.05. The number of nitrogens with zero attached hydrogens (tertiary/aromatic N) is 1. The lowest BCUT2D eigenvalue weighted by Crippen LogP contribution is -2.04. The van der Waals surface area contributed by atoms with Crippen molar-refractivity contribution < 1.29 is 4.74 Å². The fourth-order valence-corrected chi connectivity index (χ4v) is 2.23. The summed E-state index contributed by atoms with van der Waals surface area (Å²) in [5.41, 5.74) is 1.06. The van der Waals surface area contributed by atoms with Gasteiger partial charge in [-0.05, 0) is 31.0 Å². The van der Waals surface area contributed by atoms with E-state index in [0.717, 1.165) is 22.9 Å². The molecule has 0 saturated heterocycles. The van der Waals surface area contributed by atoms with E-state index in [-0.39, 0.29) is 0 Å². The van der Waals surface area contributed by atoms with E-state index in [4.69, 9.17) is 4.74 Å². The van der Waals surface area contributed by atoms with E-state index in [2.05, 4.69) is 24.9 Å². The number of rotatable bonds is 3. The molecule has 0 atom stereocenters. The Morgan fingerprint density at radius 2 is 2.20 bits per heavy atom. The summed E-state index contributed by atoms with van der Waals surface area (Å²) in [4.78, 5) is 4.41. The minimum absolute atomic E-state index is 0.559. The Morgan fingerprint density at radius 3 is 2.93 bits per heavy atom. The van der Waals surface area contributed by atoms with E-state index in [1.165, 1.54) is 4.70 Å². The molecule has 0 radical (unpaired) electrons. The second-order valence-electron chi connectivity index (χ2n) is 4.07. The molecule has 80 valence electrons. The first-order valence-electron chi connectivity index (χ1n) is 5.15. The normalized spacial score (nSPS) is 11.2. The van der Waals surface area contributed by atoms with Crippen molar-refractivity contribution in [3.8, 4) is 5.75 Å². The molecule has 0 aliphatic rings. The van der Waals surface area contributed by atoms with E-state index in [1.807, 2.05) is 19.1 Å². The Labute approximate surface area is 93.9 Å². The Bertz CT molecular complexity index is 462. The first-order chi connectivity index (χ1) is 7.15. The third kappa shape index (κ3) is 2.48. The van der Waals surface area contributed by atoms with Crippen molar-refractivity contribution in [2.45, 2.75) is 20.8 Å². The van der Waals surface area contributed by atoms with Crippen molar-refractivity contribution in [2.75, 3.05) is 6.61 Å². The molecular weight excluding hydrogens is 206 g/mol. The molecule has 3 heteroatoms. The summed E-state index contributed by atoms with van der Waals surface area (Å²) in [7, 11) is 0. The average molecular weight is 221 g/mol. The Morgan fingerprint density at radius 1 is 1.40 bits per heavy atom. The van der Waals surface area contributed by atoms with Crippen LogP contribution in [0.2, 0.25) is 0 Å². The minimum Gasteiger partial charge on any atom is -0.493 e. The maximum absolute atomic E-state index is 5.66. The number of hydrogen-bond donors (Lipinski definition) is 0. The molecule has 1 heterocycles. The lowest BCUT2D eigenvalue weighted by atomic mass is 10.2. The molecule has 0 saturated carbocycles. The average Bonchev–Trinajstić information content (AvgIpc) is 2.53. The molecule has 0 spiro atoms. The molecule has 0 N–H and O–H groups in total. The number of fused-ring (bicyclic) bond motifs is 1. The number of benzene rings is 1. The molecule has 2 aromatic rings. The van der Waals surface area contributed by atoms with Gasteiger partial charge in [-0.1, -0.05) is 13.8 Å². The first-order valence-corrected chi connectivity index (χ1v) is 5.97. The van der Waals surface area contributed by atoms with E-state index in [1.54, 1.807) is 11.3 Å². The zero-order valence-electron chi connectivity index (χ0n) is 9.28. The van der Waals surface area contributed by atoms with Gasteiger partial charge in [0.05, 0.1) is 21.8 Å². The van der Waals surface area contributed by atoms with Gasteiger partial charge in [0.2, 0.25) is 0 Å². The van der Waals surface area contributed by atoms with Crippen molar-refractivity contribution in [2.24, 2.45) is 5.92 Å². The van der Waals surface area contributed by atoms with Gasteiger partial charge < -0.3 is 4.74 Å². The second-order valence-corrected chi connectivity index (χ2v) is 5.30. The van der Waals surface area contributed by atoms with Crippen LogP contribution in [0.5, 0.6) is 5.75 Å². The Hall–Kier alpha value is -1.09. The summed E-state index contributed by atoms with van der Waals surface area (Å²) in [6.45, 7) is 7.09. The maximum atomic E-state index is 5.66. The summed E-state index contributed by atoms with van der Waals surface area (Å²) >= 11 is 1.71. The topological polar surface area (TPSA) is 22.1 Å². The number of aryl methyl sites for hydroxylation is 1. The van der Waals surface area contributed by atoms with Gasteiger partial charge in [-0.2, -0.15) is 0 Å². The minimum atomic E-state index is 0.559. The standard InChI is InChI=1S/C12H15NOS/c1-8(2)7-14-10-4-5-11-12(6-10)15-9(3)13-11/h4-6,8H,7H2,1-3H3. The van der Waals surface area contributed by atoms with E-state index < -0.39 is 0 Å². The quantitative estimate of drug-likeness (QED) is 0.789. The molecule has 1 aromatic carbocycles. The molecule has 0 unspecified atom stereocenters. The highest BCUT2D eigenvalue weighted by molar-refractivity contribution is 7.18. The largest absolute Gasteiger partial charge is 0.493 e. The van der Waals surface area contributed by atoms with Crippen molar-refractivity contribution in [1.82, 2.24) is 4.98 Å². The Balaban J connectivity index is 2.22. The summed E-state index contributed by atoms with van der Waals surface area (Å²) < 4.78 is 6.87. The van der Waals surface area contributed by atoms with Gasteiger partial charge in [0, 0.05) is 0 Å². The van der Waals surface area contributed by atoms with E-state index in [9.17, 15) is 0 Å². The predicted molar refractivity (Wildman–Crippen MR) is 64.7 cm³/mol. The van der Waals surface area contributed by atoms with Crippen LogP contribution in [-0.2, 0) is 0 Å². The molecule has 2 rings (SSSR count). The SMILES string of the molecule is Cc1nc2ccc(OCC(C)C)cc2s1. The van der Waals surface area contributed by atoms with E-state index >= 15 is 0 Å². The van der Waals surface area contributed by atoms with Crippen molar-refractivity contribution in [1.29, 1.82) is 0 Å². The molecule has 0 aliphatic carbocycles. The van der Waals surface area contributed by atoms with Crippen LogP contribution in [-0.4, -0.2) is 11.6 Å². The summed E-state index contributed by atoms with van der Waals surface area (Å²) in [5.74, 6) is 1.50. The first kappa shape index (κ1) is 10.4. The van der Waals surface area contributed by atoms with Crippen LogP contribution >= 0.6 is 11.3 Å². The Kier molecular flexibility index (Phi) is 2.91. The maximum Gasteiger partial charge on any atom is 0.120 e. The fraction of sp³-hybridized carbons (Fsp3) is 0.417. The van der Waals surface area contributed by atoms with Gasteiger partial charge in [0.25, 0.3) is 0 Å². The van der Waals surface area contributed by atoms with E-state index in [0.29, 0.717) is 5.92 Å². The zero-order chi connectivity index (χ0) is 10.8. The van der Waals surface area contributed by atoms with Crippen LogP contribution in [0.15, 0.2) is 18.2 Å². The fourth-order valence-electron chi connectivity index (χ4n) is 1.37. The third-order valence-corrected chi connectivity index (χ3v) is 2.98.